The first-order valence-electron chi connectivity index (χ1n) is 5.38. The van der Waals surface area contributed by atoms with Crippen LogP contribution in [0.3, 0.4) is 0 Å². The van der Waals surface area contributed by atoms with Crippen molar-refractivity contribution in [3.8, 4) is 0 Å². The van der Waals surface area contributed by atoms with E-state index in [0.717, 1.165) is 37.5 Å². The van der Waals surface area contributed by atoms with Gasteiger partial charge in [0.25, 0.3) is 0 Å². The van der Waals surface area contributed by atoms with Gasteiger partial charge in [0.1, 0.15) is 5.82 Å². The average Bonchev–Trinajstić information content (AvgIpc) is 2.85. The monoisotopic (exact) mass is 195 g/mol. The molecular weight excluding hydrogens is 178 g/mol. The fraction of sp³-hybridized carbons (Fsp3) is 0.800. The Kier molecular flexibility index (Phi) is 2.82. The van der Waals surface area contributed by atoms with Crippen LogP contribution < -0.4 is 0 Å². The summed E-state index contributed by atoms with van der Waals surface area (Å²) in [6.07, 6.45) is 3.33. The quantitative estimate of drug-likeness (QED) is 0.797. The number of aromatic amines is 1. The van der Waals surface area contributed by atoms with Gasteiger partial charge in [0.05, 0.1) is 6.10 Å². The zero-order valence-electron chi connectivity index (χ0n) is 8.79. The second-order valence-corrected chi connectivity index (χ2v) is 3.71. The Labute approximate surface area is 84.1 Å². The summed E-state index contributed by atoms with van der Waals surface area (Å²) in [6.45, 7) is 5.07. The van der Waals surface area contributed by atoms with Crippen LogP contribution in [0.5, 0.6) is 0 Å². The Balaban J connectivity index is 2.13. The van der Waals surface area contributed by atoms with Crippen LogP contribution >= 0.6 is 0 Å². The molecule has 1 aliphatic heterocycles. The SMILES string of the molecule is CCc1nc(C2CCOC2CC)n[nH]1. The molecule has 2 unspecified atom stereocenters. The number of nitrogens with zero attached hydrogens (tertiary/aromatic N) is 2. The highest BCUT2D eigenvalue weighted by Crippen LogP contribution is 2.30. The molecule has 2 heterocycles. The summed E-state index contributed by atoms with van der Waals surface area (Å²) in [5, 5.41) is 7.21. The van der Waals surface area contributed by atoms with E-state index in [0.29, 0.717) is 12.0 Å². The molecule has 0 aliphatic carbocycles. The zero-order valence-corrected chi connectivity index (χ0v) is 8.79. The molecule has 0 radical (unpaired) electrons. The lowest BCUT2D eigenvalue weighted by Gasteiger charge is -2.12. The van der Waals surface area contributed by atoms with Crippen LogP contribution in [0.1, 0.15) is 44.3 Å². The number of hydrogen-bond donors (Lipinski definition) is 1. The molecule has 78 valence electrons. The van der Waals surface area contributed by atoms with Gasteiger partial charge in [-0.3, -0.25) is 5.10 Å². The minimum absolute atomic E-state index is 0.315. The second-order valence-electron chi connectivity index (χ2n) is 3.71. The molecule has 4 heteroatoms. The van der Waals surface area contributed by atoms with E-state index in [1.54, 1.807) is 0 Å². The lowest BCUT2D eigenvalue weighted by Crippen LogP contribution is -2.14. The number of aromatic nitrogens is 3. The standard InChI is InChI=1S/C10H17N3O/c1-3-8-7(5-6-14-8)10-11-9(4-2)12-13-10/h7-8H,3-6H2,1-2H3,(H,11,12,13). The number of nitrogens with one attached hydrogen (secondary N) is 1. The molecule has 1 aromatic heterocycles. The predicted octanol–water partition coefficient (Wildman–Crippen LogP) is 1.65. The van der Waals surface area contributed by atoms with Crippen LogP contribution in [0.2, 0.25) is 0 Å². The Morgan fingerprint density at radius 3 is 3.00 bits per heavy atom. The van der Waals surface area contributed by atoms with Gasteiger partial charge in [0.2, 0.25) is 0 Å². The van der Waals surface area contributed by atoms with Crippen molar-refractivity contribution in [2.24, 2.45) is 0 Å². The molecule has 4 nitrogen and oxygen atoms in total. The smallest absolute Gasteiger partial charge is 0.156 e. The molecule has 0 aromatic carbocycles. The fourth-order valence-electron chi connectivity index (χ4n) is 1.98. The first-order chi connectivity index (χ1) is 6.85. The number of hydrogen-bond acceptors (Lipinski definition) is 3. The maximum atomic E-state index is 5.62. The molecule has 1 aliphatic rings. The van der Waals surface area contributed by atoms with Gasteiger partial charge in [-0.2, -0.15) is 5.10 Å². The van der Waals surface area contributed by atoms with Crippen molar-refractivity contribution in [1.29, 1.82) is 0 Å². The van der Waals surface area contributed by atoms with Crippen molar-refractivity contribution in [3.05, 3.63) is 11.6 Å². The summed E-state index contributed by atoms with van der Waals surface area (Å²) >= 11 is 0. The van der Waals surface area contributed by atoms with Crippen molar-refractivity contribution < 1.29 is 4.74 Å². The maximum Gasteiger partial charge on any atom is 0.156 e. The molecule has 0 bridgehead atoms. The van der Waals surface area contributed by atoms with Crippen molar-refractivity contribution in [3.63, 3.8) is 0 Å². The minimum Gasteiger partial charge on any atom is -0.377 e. The van der Waals surface area contributed by atoms with Crippen LogP contribution in [0, 0.1) is 0 Å². The normalized spacial score (nSPS) is 27.0. The largest absolute Gasteiger partial charge is 0.377 e. The second kappa shape index (κ2) is 4.09. The minimum atomic E-state index is 0.315. The van der Waals surface area contributed by atoms with E-state index in [2.05, 4.69) is 29.0 Å². The van der Waals surface area contributed by atoms with E-state index < -0.39 is 0 Å². The van der Waals surface area contributed by atoms with Gasteiger partial charge < -0.3 is 4.74 Å². The summed E-state index contributed by atoms with van der Waals surface area (Å²) in [7, 11) is 0. The highest BCUT2D eigenvalue weighted by Gasteiger charge is 2.31. The fourth-order valence-corrected chi connectivity index (χ4v) is 1.98. The third-order valence-corrected chi connectivity index (χ3v) is 2.83. The van der Waals surface area contributed by atoms with Gasteiger partial charge in [-0.25, -0.2) is 4.98 Å². The lowest BCUT2D eigenvalue weighted by atomic mass is 9.99. The van der Waals surface area contributed by atoms with Crippen LogP contribution in [0.4, 0.5) is 0 Å². The molecular formula is C10H17N3O. The highest BCUT2D eigenvalue weighted by atomic mass is 16.5. The van der Waals surface area contributed by atoms with Crippen LogP contribution in [-0.4, -0.2) is 27.9 Å². The van der Waals surface area contributed by atoms with Gasteiger partial charge in [0, 0.05) is 18.9 Å². The maximum absolute atomic E-state index is 5.62. The van der Waals surface area contributed by atoms with E-state index in [1.807, 2.05) is 0 Å². The van der Waals surface area contributed by atoms with Crippen LogP contribution in [0.15, 0.2) is 0 Å². The summed E-state index contributed by atoms with van der Waals surface area (Å²) in [4.78, 5) is 4.46. The molecule has 1 N–H and O–H groups in total. The third-order valence-electron chi connectivity index (χ3n) is 2.83. The van der Waals surface area contributed by atoms with E-state index in [-0.39, 0.29) is 0 Å². The predicted molar refractivity (Wildman–Crippen MR) is 53.1 cm³/mol. The van der Waals surface area contributed by atoms with E-state index >= 15 is 0 Å². The first kappa shape index (κ1) is 9.65. The molecule has 2 rings (SSSR count). The Hall–Kier alpha value is -0.900. The van der Waals surface area contributed by atoms with Gasteiger partial charge in [-0.15, -0.1) is 0 Å². The molecule has 0 spiro atoms. The molecule has 1 saturated heterocycles. The van der Waals surface area contributed by atoms with Crippen molar-refractivity contribution in [2.45, 2.75) is 45.1 Å². The van der Waals surface area contributed by atoms with Gasteiger partial charge in [-0.05, 0) is 12.8 Å². The Morgan fingerprint density at radius 2 is 2.36 bits per heavy atom. The summed E-state index contributed by atoms with van der Waals surface area (Å²) in [6, 6.07) is 0. The van der Waals surface area contributed by atoms with Gasteiger partial charge in [0.15, 0.2) is 5.82 Å². The third kappa shape index (κ3) is 1.66. The summed E-state index contributed by atoms with van der Waals surface area (Å²) < 4.78 is 5.62. The van der Waals surface area contributed by atoms with Gasteiger partial charge in [-0.1, -0.05) is 13.8 Å². The number of rotatable bonds is 3. The van der Waals surface area contributed by atoms with Crippen molar-refractivity contribution >= 4 is 0 Å². The summed E-state index contributed by atoms with van der Waals surface area (Å²) in [5.41, 5.74) is 0. The van der Waals surface area contributed by atoms with Gasteiger partial charge >= 0.3 is 0 Å². The van der Waals surface area contributed by atoms with Crippen molar-refractivity contribution in [2.75, 3.05) is 6.61 Å². The first-order valence-corrected chi connectivity index (χ1v) is 5.38. The summed E-state index contributed by atoms with van der Waals surface area (Å²) in [5.74, 6) is 2.31. The average molecular weight is 195 g/mol. The Bertz CT molecular complexity index is 297. The number of ether oxygens (including phenoxy) is 1. The van der Waals surface area contributed by atoms with E-state index in [1.165, 1.54) is 0 Å². The van der Waals surface area contributed by atoms with Crippen molar-refractivity contribution in [1.82, 2.24) is 15.2 Å². The molecule has 14 heavy (non-hydrogen) atoms. The highest BCUT2D eigenvalue weighted by molar-refractivity contribution is 5.02. The molecule has 0 amide bonds. The van der Waals surface area contributed by atoms with E-state index in [9.17, 15) is 0 Å². The topological polar surface area (TPSA) is 50.8 Å². The Morgan fingerprint density at radius 1 is 1.50 bits per heavy atom. The number of aryl methyl sites for hydroxylation is 1. The molecule has 0 saturated carbocycles. The van der Waals surface area contributed by atoms with Crippen LogP contribution in [-0.2, 0) is 11.2 Å². The zero-order chi connectivity index (χ0) is 9.97. The molecule has 1 aromatic rings. The number of H-pyrrole nitrogens is 1. The lowest BCUT2D eigenvalue weighted by molar-refractivity contribution is 0.0994. The molecule has 1 fully saturated rings. The van der Waals surface area contributed by atoms with E-state index in [4.69, 9.17) is 4.74 Å². The van der Waals surface area contributed by atoms with Crippen LogP contribution in [0.25, 0.3) is 0 Å². The molecule has 2 atom stereocenters.